The molecule has 20 heavy (non-hydrogen) atoms. The molecule has 1 fully saturated rings. The van der Waals surface area contributed by atoms with Crippen LogP contribution in [0.5, 0.6) is 5.75 Å². The monoisotopic (exact) mass is 274 g/mol. The van der Waals surface area contributed by atoms with Crippen molar-refractivity contribution < 1.29 is 9.53 Å². The van der Waals surface area contributed by atoms with Crippen LogP contribution in [0, 0.1) is 12.8 Å². The van der Waals surface area contributed by atoms with Gasteiger partial charge in [-0.25, -0.2) is 5.43 Å². The fourth-order valence-corrected chi connectivity index (χ4v) is 2.39. The van der Waals surface area contributed by atoms with Gasteiger partial charge in [-0.05, 0) is 56.2 Å². The molecule has 0 radical (unpaired) electrons. The summed E-state index contributed by atoms with van der Waals surface area (Å²) >= 11 is 0. The van der Waals surface area contributed by atoms with E-state index < -0.39 is 0 Å². The fraction of sp³-hybridized carbons (Fsp3) is 0.500. The van der Waals surface area contributed by atoms with Crippen molar-refractivity contribution in [1.29, 1.82) is 0 Å². The van der Waals surface area contributed by atoms with Crippen LogP contribution in [-0.4, -0.2) is 18.2 Å². The highest BCUT2D eigenvalue weighted by atomic mass is 16.5. The SMILES string of the molecule is Cc1cccc(OCC(=O)N/N=C2/CCC[C@@H](C)C2)c1. The first-order chi connectivity index (χ1) is 9.63. The molecular formula is C16H22N2O2. The van der Waals surface area contributed by atoms with Crippen LogP contribution in [0.25, 0.3) is 0 Å². The predicted molar refractivity (Wildman–Crippen MR) is 79.9 cm³/mol. The van der Waals surface area contributed by atoms with Crippen LogP contribution in [0.4, 0.5) is 0 Å². The van der Waals surface area contributed by atoms with Gasteiger partial charge in [-0.15, -0.1) is 0 Å². The van der Waals surface area contributed by atoms with E-state index in [4.69, 9.17) is 4.74 Å². The highest BCUT2D eigenvalue weighted by Crippen LogP contribution is 2.20. The number of ether oxygens (including phenoxy) is 1. The van der Waals surface area contributed by atoms with E-state index in [1.54, 1.807) is 0 Å². The third-order valence-corrected chi connectivity index (χ3v) is 3.44. The van der Waals surface area contributed by atoms with Gasteiger partial charge in [-0.1, -0.05) is 19.1 Å². The van der Waals surface area contributed by atoms with Crippen molar-refractivity contribution in [3.05, 3.63) is 29.8 Å². The molecule has 108 valence electrons. The molecule has 0 heterocycles. The second-order valence-electron chi connectivity index (χ2n) is 5.52. The van der Waals surface area contributed by atoms with Crippen LogP contribution >= 0.6 is 0 Å². The van der Waals surface area contributed by atoms with Crippen molar-refractivity contribution >= 4 is 11.6 Å². The van der Waals surface area contributed by atoms with Crippen molar-refractivity contribution in [3.63, 3.8) is 0 Å². The molecule has 1 amide bonds. The lowest BCUT2D eigenvalue weighted by molar-refractivity contribution is -0.123. The van der Waals surface area contributed by atoms with Gasteiger partial charge in [0.25, 0.3) is 5.91 Å². The molecule has 0 spiro atoms. The Kier molecular flexibility index (Phi) is 5.16. The van der Waals surface area contributed by atoms with E-state index in [1.165, 1.54) is 6.42 Å². The Morgan fingerprint density at radius 1 is 1.50 bits per heavy atom. The second kappa shape index (κ2) is 7.08. The number of nitrogens with zero attached hydrogens (tertiary/aromatic N) is 1. The number of amides is 1. The lowest BCUT2D eigenvalue weighted by atomic mass is 9.89. The molecule has 0 aliphatic heterocycles. The predicted octanol–water partition coefficient (Wildman–Crippen LogP) is 3.06. The second-order valence-corrected chi connectivity index (χ2v) is 5.52. The van der Waals surface area contributed by atoms with E-state index in [9.17, 15) is 4.79 Å². The van der Waals surface area contributed by atoms with E-state index in [-0.39, 0.29) is 12.5 Å². The van der Waals surface area contributed by atoms with Crippen molar-refractivity contribution in [1.82, 2.24) is 5.43 Å². The standard InChI is InChI=1S/C16H22N2O2/c1-12-5-3-7-14(9-12)17-18-16(19)11-20-15-8-4-6-13(2)10-15/h4,6,8,10,12H,3,5,7,9,11H2,1-2H3,(H,18,19)/b17-14-/t12-/m1/s1. The van der Waals surface area contributed by atoms with Crippen LogP contribution < -0.4 is 10.2 Å². The Bertz CT molecular complexity index is 497. The molecule has 1 saturated carbocycles. The lowest BCUT2D eigenvalue weighted by Gasteiger charge is -2.18. The van der Waals surface area contributed by atoms with Crippen LogP contribution in [-0.2, 0) is 4.79 Å². The number of hydrogen-bond donors (Lipinski definition) is 1. The number of rotatable bonds is 4. The molecule has 0 saturated heterocycles. The van der Waals surface area contributed by atoms with Gasteiger partial charge in [0.05, 0.1) is 0 Å². The van der Waals surface area contributed by atoms with Crippen molar-refractivity contribution in [2.75, 3.05) is 6.61 Å². The van der Waals surface area contributed by atoms with Gasteiger partial charge in [0, 0.05) is 5.71 Å². The molecule has 4 heteroatoms. The quantitative estimate of drug-likeness (QED) is 0.858. The number of hydrazone groups is 1. The first-order valence-corrected chi connectivity index (χ1v) is 7.17. The van der Waals surface area contributed by atoms with Crippen LogP contribution in [0.3, 0.4) is 0 Å². The molecule has 4 nitrogen and oxygen atoms in total. The maximum Gasteiger partial charge on any atom is 0.277 e. The van der Waals surface area contributed by atoms with E-state index in [0.29, 0.717) is 11.7 Å². The highest BCUT2D eigenvalue weighted by Gasteiger charge is 2.14. The average Bonchev–Trinajstić information content (AvgIpc) is 2.43. The van der Waals surface area contributed by atoms with E-state index in [0.717, 1.165) is 30.5 Å². The summed E-state index contributed by atoms with van der Waals surface area (Å²) in [5, 5.41) is 4.20. The van der Waals surface area contributed by atoms with Gasteiger partial charge in [0.1, 0.15) is 5.75 Å². The lowest BCUT2D eigenvalue weighted by Crippen LogP contribution is -2.27. The Labute approximate surface area is 120 Å². The molecule has 1 aliphatic rings. The van der Waals surface area contributed by atoms with Crippen LogP contribution in [0.2, 0.25) is 0 Å². The topological polar surface area (TPSA) is 50.7 Å². The average molecular weight is 274 g/mol. The molecule has 0 aromatic heterocycles. The normalized spacial score (nSPS) is 20.7. The summed E-state index contributed by atoms with van der Waals surface area (Å²) in [6, 6.07) is 7.65. The summed E-state index contributed by atoms with van der Waals surface area (Å²) < 4.78 is 5.43. The molecular weight excluding hydrogens is 252 g/mol. The molecule has 1 aromatic rings. The largest absolute Gasteiger partial charge is 0.484 e. The van der Waals surface area contributed by atoms with E-state index in [2.05, 4.69) is 17.5 Å². The number of carbonyl (C=O) groups excluding carboxylic acids is 1. The zero-order valence-corrected chi connectivity index (χ0v) is 12.2. The Hall–Kier alpha value is -1.84. The molecule has 1 N–H and O–H groups in total. The van der Waals surface area contributed by atoms with E-state index in [1.807, 2.05) is 31.2 Å². The van der Waals surface area contributed by atoms with Gasteiger partial charge >= 0.3 is 0 Å². The molecule has 1 aliphatic carbocycles. The van der Waals surface area contributed by atoms with Gasteiger partial charge in [-0.2, -0.15) is 5.10 Å². The summed E-state index contributed by atoms with van der Waals surface area (Å²) in [6.07, 6.45) is 4.39. The van der Waals surface area contributed by atoms with Gasteiger partial charge in [-0.3, -0.25) is 4.79 Å². The summed E-state index contributed by atoms with van der Waals surface area (Å²) in [4.78, 5) is 11.7. The molecule has 0 unspecified atom stereocenters. The number of hydrogen-bond acceptors (Lipinski definition) is 3. The number of benzene rings is 1. The summed E-state index contributed by atoms with van der Waals surface area (Å²) in [5.41, 5.74) is 4.78. The van der Waals surface area contributed by atoms with E-state index >= 15 is 0 Å². The van der Waals surface area contributed by atoms with Gasteiger partial charge in [0.15, 0.2) is 6.61 Å². The highest BCUT2D eigenvalue weighted by molar-refractivity contribution is 5.87. The molecule has 1 atom stereocenters. The maximum atomic E-state index is 11.7. The summed E-state index contributed by atoms with van der Waals surface area (Å²) in [7, 11) is 0. The van der Waals surface area contributed by atoms with Crippen LogP contribution in [0.1, 0.15) is 38.2 Å². The van der Waals surface area contributed by atoms with Gasteiger partial charge < -0.3 is 4.74 Å². The van der Waals surface area contributed by atoms with Gasteiger partial charge in [0.2, 0.25) is 0 Å². The first-order valence-electron chi connectivity index (χ1n) is 7.17. The minimum atomic E-state index is -0.211. The fourth-order valence-electron chi connectivity index (χ4n) is 2.39. The third-order valence-electron chi connectivity index (χ3n) is 3.44. The Morgan fingerprint density at radius 2 is 2.35 bits per heavy atom. The Balaban J connectivity index is 1.76. The molecule has 0 bridgehead atoms. The molecule has 1 aromatic carbocycles. The Morgan fingerprint density at radius 3 is 3.10 bits per heavy atom. The minimum Gasteiger partial charge on any atom is -0.484 e. The van der Waals surface area contributed by atoms with Crippen molar-refractivity contribution in [2.45, 2.75) is 39.5 Å². The van der Waals surface area contributed by atoms with Crippen LogP contribution in [0.15, 0.2) is 29.4 Å². The zero-order chi connectivity index (χ0) is 14.4. The van der Waals surface area contributed by atoms with Crippen molar-refractivity contribution in [3.8, 4) is 5.75 Å². The zero-order valence-electron chi connectivity index (χ0n) is 12.2. The first kappa shape index (κ1) is 14.6. The number of carbonyl (C=O) groups is 1. The maximum absolute atomic E-state index is 11.7. The summed E-state index contributed by atoms with van der Waals surface area (Å²) in [5.74, 6) is 1.17. The summed E-state index contributed by atoms with van der Waals surface area (Å²) in [6.45, 7) is 4.20. The number of aryl methyl sites for hydroxylation is 1. The third kappa shape index (κ3) is 4.68. The minimum absolute atomic E-state index is 0.00418. The number of nitrogens with one attached hydrogen (secondary N) is 1. The smallest absolute Gasteiger partial charge is 0.277 e. The van der Waals surface area contributed by atoms with Crippen molar-refractivity contribution in [2.24, 2.45) is 11.0 Å². The molecule has 2 rings (SSSR count).